The highest BCUT2D eigenvalue weighted by atomic mass is 32.1. The Morgan fingerprint density at radius 1 is 1.25 bits per heavy atom. The van der Waals surface area contributed by atoms with Crippen LogP contribution in [0.15, 0.2) is 35.1 Å². The fourth-order valence-electron chi connectivity index (χ4n) is 1.82. The molecule has 0 aliphatic rings. The first-order chi connectivity index (χ1) is 9.65. The van der Waals surface area contributed by atoms with Crippen molar-refractivity contribution in [2.75, 3.05) is 5.32 Å². The number of nitrogens with zero attached hydrogens (tertiary/aromatic N) is 2. The van der Waals surface area contributed by atoms with Crippen molar-refractivity contribution in [2.45, 2.75) is 6.92 Å². The van der Waals surface area contributed by atoms with Crippen LogP contribution >= 0.6 is 11.5 Å². The molecule has 0 fully saturated rings. The van der Waals surface area contributed by atoms with E-state index in [1.165, 1.54) is 0 Å². The molecule has 0 saturated carbocycles. The molecule has 0 spiro atoms. The summed E-state index contributed by atoms with van der Waals surface area (Å²) in [7, 11) is 0. The van der Waals surface area contributed by atoms with E-state index in [1.54, 1.807) is 19.1 Å². The second kappa shape index (κ2) is 4.86. The molecule has 6 nitrogen and oxygen atoms in total. The van der Waals surface area contributed by atoms with E-state index in [1.807, 2.05) is 18.2 Å². The summed E-state index contributed by atoms with van der Waals surface area (Å²) in [5, 5.41) is 2.75. The molecular formula is C13H10N4O2S. The summed E-state index contributed by atoms with van der Waals surface area (Å²) in [6.45, 7) is 1.66. The quantitative estimate of drug-likeness (QED) is 0.753. The minimum Gasteiger partial charge on any atom is -0.321 e. The van der Waals surface area contributed by atoms with Gasteiger partial charge in [-0.15, -0.1) is 0 Å². The van der Waals surface area contributed by atoms with E-state index in [4.69, 9.17) is 0 Å². The van der Waals surface area contributed by atoms with Gasteiger partial charge in [0.2, 0.25) is 0 Å². The first kappa shape index (κ1) is 12.5. The van der Waals surface area contributed by atoms with Gasteiger partial charge >= 0.3 is 0 Å². The first-order valence-electron chi connectivity index (χ1n) is 5.88. The lowest BCUT2D eigenvalue weighted by Gasteiger charge is -2.02. The third kappa shape index (κ3) is 2.19. The van der Waals surface area contributed by atoms with Crippen molar-refractivity contribution < 1.29 is 4.79 Å². The van der Waals surface area contributed by atoms with Gasteiger partial charge in [0, 0.05) is 5.69 Å². The highest BCUT2D eigenvalue weighted by Gasteiger charge is 2.18. The van der Waals surface area contributed by atoms with Gasteiger partial charge in [-0.3, -0.25) is 9.59 Å². The average molecular weight is 286 g/mol. The standard InChI is InChI=1S/C13H10N4O2S/c1-7-14-9-10(12(18)15-7)17-20-11(9)13(19)16-8-5-3-2-4-6-8/h2-6H,1H3,(H,16,19)(H,14,15,18). The Labute approximate surface area is 117 Å². The Morgan fingerprint density at radius 3 is 2.75 bits per heavy atom. The van der Waals surface area contributed by atoms with Gasteiger partial charge in [0.05, 0.1) is 0 Å². The van der Waals surface area contributed by atoms with Crippen molar-refractivity contribution in [3.63, 3.8) is 0 Å². The number of benzene rings is 1. The molecule has 0 atom stereocenters. The summed E-state index contributed by atoms with van der Waals surface area (Å²) >= 11 is 0.969. The van der Waals surface area contributed by atoms with Crippen LogP contribution in [0.4, 0.5) is 5.69 Å². The van der Waals surface area contributed by atoms with Crippen molar-refractivity contribution >= 4 is 34.2 Å². The SMILES string of the molecule is Cc1nc2c(C(=O)Nc3ccccc3)snc2c(=O)[nH]1. The number of aryl methyl sites for hydroxylation is 1. The molecule has 3 aromatic rings. The average Bonchev–Trinajstić information content (AvgIpc) is 2.84. The minimum absolute atomic E-state index is 0.193. The summed E-state index contributed by atoms with van der Waals surface area (Å²) in [4.78, 5) is 31.0. The molecule has 1 aromatic carbocycles. The van der Waals surface area contributed by atoms with E-state index in [2.05, 4.69) is 19.7 Å². The molecule has 0 saturated heterocycles. The lowest BCUT2D eigenvalue weighted by atomic mass is 10.3. The topological polar surface area (TPSA) is 87.7 Å². The number of aromatic amines is 1. The van der Waals surface area contributed by atoms with Crippen LogP contribution in [-0.4, -0.2) is 20.2 Å². The Bertz CT molecular complexity index is 838. The number of hydrogen-bond donors (Lipinski definition) is 2. The van der Waals surface area contributed by atoms with Crippen molar-refractivity contribution in [3.05, 3.63) is 51.4 Å². The van der Waals surface area contributed by atoms with Gasteiger partial charge in [-0.1, -0.05) is 18.2 Å². The molecule has 100 valence electrons. The van der Waals surface area contributed by atoms with E-state index in [0.29, 0.717) is 21.9 Å². The Morgan fingerprint density at radius 2 is 2.00 bits per heavy atom. The maximum absolute atomic E-state index is 12.2. The summed E-state index contributed by atoms with van der Waals surface area (Å²) in [6, 6.07) is 9.09. The molecule has 1 amide bonds. The second-order valence-corrected chi connectivity index (χ2v) is 4.95. The molecule has 0 aliphatic carbocycles. The monoisotopic (exact) mass is 286 g/mol. The normalized spacial score (nSPS) is 10.7. The van der Waals surface area contributed by atoms with E-state index in [9.17, 15) is 9.59 Å². The van der Waals surface area contributed by atoms with Crippen molar-refractivity contribution in [3.8, 4) is 0 Å². The van der Waals surface area contributed by atoms with Gasteiger partial charge in [0.15, 0.2) is 5.52 Å². The van der Waals surface area contributed by atoms with Crippen molar-refractivity contribution in [1.29, 1.82) is 0 Å². The van der Waals surface area contributed by atoms with E-state index >= 15 is 0 Å². The number of H-pyrrole nitrogens is 1. The molecule has 0 radical (unpaired) electrons. The molecule has 7 heteroatoms. The van der Waals surface area contributed by atoms with Gasteiger partial charge in [0.25, 0.3) is 11.5 Å². The number of carbonyl (C=O) groups is 1. The van der Waals surface area contributed by atoms with Crippen LogP contribution in [0.3, 0.4) is 0 Å². The van der Waals surface area contributed by atoms with Crippen LogP contribution in [0.25, 0.3) is 11.0 Å². The van der Waals surface area contributed by atoms with E-state index < -0.39 is 0 Å². The molecule has 2 N–H and O–H groups in total. The zero-order chi connectivity index (χ0) is 14.1. The highest BCUT2D eigenvalue weighted by Crippen LogP contribution is 2.19. The fourth-order valence-corrected chi connectivity index (χ4v) is 2.53. The number of rotatable bonds is 2. The highest BCUT2D eigenvalue weighted by molar-refractivity contribution is 7.09. The third-order valence-electron chi connectivity index (χ3n) is 2.69. The second-order valence-electron chi connectivity index (χ2n) is 4.18. The van der Waals surface area contributed by atoms with E-state index in [0.717, 1.165) is 11.5 Å². The smallest absolute Gasteiger partial charge is 0.278 e. The largest absolute Gasteiger partial charge is 0.321 e. The van der Waals surface area contributed by atoms with Gasteiger partial charge in [-0.25, -0.2) is 4.98 Å². The minimum atomic E-state index is -0.331. The van der Waals surface area contributed by atoms with Gasteiger partial charge in [-0.05, 0) is 30.6 Å². The number of aromatic nitrogens is 3. The number of hydrogen-bond acceptors (Lipinski definition) is 5. The van der Waals surface area contributed by atoms with Crippen LogP contribution in [0.1, 0.15) is 15.5 Å². The number of carbonyl (C=O) groups excluding carboxylic acids is 1. The van der Waals surface area contributed by atoms with Gasteiger partial charge in [-0.2, -0.15) is 4.37 Å². The third-order valence-corrected chi connectivity index (χ3v) is 3.53. The Hall–Kier alpha value is -2.54. The fraction of sp³-hybridized carbons (Fsp3) is 0.0769. The molecule has 2 aromatic heterocycles. The summed E-state index contributed by atoms with van der Waals surface area (Å²) < 4.78 is 4.00. The van der Waals surface area contributed by atoms with Gasteiger partial charge in [0.1, 0.15) is 16.2 Å². The predicted molar refractivity (Wildman–Crippen MR) is 77.2 cm³/mol. The lowest BCUT2D eigenvalue weighted by Crippen LogP contribution is -2.13. The van der Waals surface area contributed by atoms with Crippen LogP contribution in [-0.2, 0) is 0 Å². The molecule has 0 bridgehead atoms. The number of amides is 1. The number of fused-ring (bicyclic) bond motifs is 1. The molecular weight excluding hydrogens is 276 g/mol. The Balaban J connectivity index is 2.02. The zero-order valence-electron chi connectivity index (χ0n) is 10.5. The van der Waals surface area contributed by atoms with Gasteiger partial charge < -0.3 is 10.3 Å². The van der Waals surface area contributed by atoms with Crippen LogP contribution < -0.4 is 10.9 Å². The molecule has 0 aliphatic heterocycles. The number of anilines is 1. The van der Waals surface area contributed by atoms with Crippen molar-refractivity contribution in [1.82, 2.24) is 14.3 Å². The lowest BCUT2D eigenvalue weighted by molar-refractivity contribution is 0.103. The van der Waals surface area contributed by atoms with E-state index in [-0.39, 0.29) is 17.0 Å². The van der Waals surface area contributed by atoms with Crippen LogP contribution in [0, 0.1) is 6.92 Å². The maximum Gasteiger partial charge on any atom is 0.278 e. The molecule has 0 unspecified atom stereocenters. The summed E-state index contributed by atoms with van der Waals surface area (Å²) in [5.74, 6) is 0.137. The van der Waals surface area contributed by atoms with Crippen LogP contribution in [0.5, 0.6) is 0 Å². The molecule has 2 heterocycles. The zero-order valence-corrected chi connectivity index (χ0v) is 11.3. The predicted octanol–water partition coefficient (Wildman–Crippen LogP) is 1.94. The van der Waals surface area contributed by atoms with Crippen molar-refractivity contribution in [2.24, 2.45) is 0 Å². The summed E-state index contributed by atoms with van der Waals surface area (Å²) in [6.07, 6.45) is 0. The van der Waals surface area contributed by atoms with Crippen LogP contribution in [0.2, 0.25) is 0 Å². The Kier molecular flexibility index (Phi) is 3.03. The summed E-state index contributed by atoms with van der Waals surface area (Å²) in [5.41, 5.74) is 0.881. The number of nitrogens with one attached hydrogen (secondary N) is 2. The first-order valence-corrected chi connectivity index (χ1v) is 6.65. The molecule has 20 heavy (non-hydrogen) atoms. The molecule has 3 rings (SSSR count). The maximum atomic E-state index is 12.2. The number of para-hydroxylation sites is 1.